The standard InChI is InChI=1S/C10H20N2O2/c13-6-3-11-2-1-10(9-11)12-4-7-14-8-5-12/h10,13H,1-9H2. The first-order chi connectivity index (χ1) is 6.90. The van der Waals surface area contributed by atoms with Gasteiger partial charge in [-0.05, 0) is 13.0 Å². The largest absolute Gasteiger partial charge is 0.395 e. The SMILES string of the molecule is OCCN1CCC(N2CCOCC2)C1. The molecule has 2 saturated heterocycles. The second-order valence-electron chi connectivity index (χ2n) is 4.12. The first-order valence-electron chi connectivity index (χ1n) is 5.55. The summed E-state index contributed by atoms with van der Waals surface area (Å²) in [6.07, 6.45) is 1.25. The lowest BCUT2D eigenvalue weighted by Crippen LogP contribution is -2.44. The minimum Gasteiger partial charge on any atom is -0.395 e. The van der Waals surface area contributed by atoms with Crippen molar-refractivity contribution in [1.82, 2.24) is 9.80 Å². The Hall–Kier alpha value is -0.160. The van der Waals surface area contributed by atoms with Gasteiger partial charge >= 0.3 is 0 Å². The number of likely N-dealkylation sites (tertiary alicyclic amines) is 1. The van der Waals surface area contributed by atoms with Crippen LogP contribution in [0.25, 0.3) is 0 Å². The summed E-state index contributed by atoms with van der Waals surface area (Å²) >= 11 is 0. The van der Waals surface area contributed by atoms with Gasteiger partial charge in [0.1, 0.15) is 0 Å². The molecule has 1 unspecified atom stereocenters. The van der Waals surface area contributed by atoms with Crippen LogP contribution in [0.3, 0.4) is 0 Å². The third-order valence-electron chi connectivity index (χ3n) is 3.23. The van der Waals surface area contributed by atoms with Crippen molar-refractivity contribution in [3.05, 3.63) is 0 Å². The number of hydrogen-bond acceptors (Lipinski definition) is 4. The van der Waals surface area contributed by atoms with E-state index in [1.807, 2.05) is 0 Å². The summed E-state index contributed by atoms with van der Waals surface area (Å²) in [4.78, 5) is 4.88. The average molecular weight is 200 g/mol. The molecule has 82 valence electrons. The van der Waals surface area contributed by atoms with E-state index in [1.165, 1.54) is 6.42 Å². The van der Waals surface area contributed by atoms with E-state index in [4.69, 9.17) is 9.84 Å². The number of nitrogens with zero attached hydrogens (tertiary/aromatic N) is 2. The van der Waals surface area contributed by atoms with Gasteiger partial charge in [-0.25, -0.2) is 0 Å². The van der Waals surface area contributed by atoms with Crippen molar-refractivity contribution >= 4 is 0 Å². The van der Waals surface area contributed by atoms with Crippen molar-refractivity contribution in [3.8, 4) is 0 Å². The van der Waals surface area contributed by atoms with Crippen LogP contribution in [-0.2, 0) is 4.74 Å². The van der Waals surface area contributed by atoms with Crippen LogP contribution < -0.4 is 0 Å². The molecule has 0 aliphatic carbocycles. The molecule has 2 heterocycles. The zero-order valence-electron chi connectivity index (χ0n) is 8.69. The molecular weight excluding hydrogens is 180 g/mol. The third-order valence-corrected chi connectivity index (χ3v) is 3.23. The summed E-state index contributed by atoms with van der Waals surface area (Å²) < 4.78 is 5.34. The lowest BCUT2D eigenvalue weighted by molar-refractivity contribution is 0.0182. The monoisotopic (exact) mass is 200 g/mol. The quantitative estimate of drug-likeness (QED) is 0.659. The molecule has 1 atom stereocenters. The van der Waals surface area contributed by atoms with Gasteiger partial charge in [-0.2, -0.15) is 0 Å². The molecule has 4 heteroatoms. The van der Waals surface area contributed by atoms with E-state index in [0.29, 0.717) is 6.04 Å². The van der Waals surface area contributed by atoms with E-state index in [1.54, 1.807) is 0 Å². The zero-order valence-corrected chi connectivity index (χ0v) is 8.69. The highest BCUT2D eigenvalue weighted by molar-refractivity contribution is 4.84. The Labute approximate surface area is 85.4 Å². The fourth-order valence-corrected chi connectivity index (χ4v) is 2.40. The van der Waals surface area contributed by atoms with Crippen LogP contribution in [0.5, 0.6) is 0 Å². The van der Waals surface area contributed by atoms with E-state index in [-0.39, 0.29) is 6.61 Å². The van der Waals surface area contributed by atoms with Gasteiger partial charge in [0.15, 0.2) is 0 Å². The third kappa shape index (κ3) is 2.45. The van der Waals surface area contributed by atoms with Gasteiger partial charge in [0.2, 0.25) is 0 Å². The molecule has 0 bridgehead atoms. The average Bonchev–Trinajstić information content (AvgIpc) is 2.68. The Balaban J connectivity index is 1.76. The summed E-state index contributed by atoms with van der Waals surface area (Å²) in [5, 5.41) is 8.85. The molecule has 14 heavy (non-hydrogen) atoms. The topological polar surface area (TPSA) is 35.9 Å². The van der Waals surface area contributed by atoms with Crippen molar-refractivity contribution in [2.24, 2.45) is 0 Å². The van der Waals surface area contributed by atoms with Crippen molar-refractivity contribution in [3.63, 3.8) is 0 Å². The maximum absolute atomic E-state index is 8.85. The molecule has 2 rings (SSSR count). The molecule has 0 aromatic carbocycles. The zero-order chi connectivity index (χ0) is 9.80. The highest BCUT2D eigenvalue weighted by atomic mass is 16.5. The minimum atomic E-state index is 0.288. The molecule has 1 N–H and O–H groups in total. The Kier molecular flexibility index (Phi) is 3.75. The normalized spacial score (nSPS) is 31.1. The number of morpholine rings is 1. The maximum atomic E-state index is 8.85. The van der Waals surface area contributed by atoms with E-state index in [9.17, 15) is 0 Å². The van der Waals surface area contributed by atoms with Gasteiger partial charge < -0.3 is 9.84 Å². The van der Waals surface area contributed by atoms with Gasteiger partial charge in [0.05, 0.1) is 19.8 Å². The number of β-amino-alcohol motifs (C(OH)–C–C–N with tert-alkyl or cyclic N) is 1. The van der Waals surface area contributed by atoms with Crippen molar-refractivity contribution in [2.45, 2.75) is 12.5 Å². The lowest BCUT2D eigenvalue weighted by Gasteiger charge is -2.32. The van der Waals surface area contributed by atoms with Gasteiger partial charge in [-0.3, -0.25) is 9.80 Å². The van der Waals surface area contributed by atoms with Crippen LogP contribution in [0.15, 0.2) is 0 Å². The summed E-state index contributed by atoms with van der Waals surface area (Å²) in [5.74, 6) is 0. The summed E-state index contributed by atoms with van der Waals surface area (Å²) in [6, 6.07) is 0.699. The smallest absolute Gasteiger partial charge is 0.0594 e. The Morgan fingerprint density at radius 1 is 1.21 bits per heavy atom. The number of aliphatic hydroxyl groups is 1. The number of hydrogen-bond donors (Lipinski definition) is 1. The van der Waals surface area contributed by atoms with Gasteiger partial charge in [0, 0.05) is 32.2 Å². The van der Waals surface area contributed by atoms with Crippen LogP contribution in [0.2, 0.25) is 0 Å². The second kappa shape index (κ2) is 5.07. The van der Waals surface area contributed by atoms with Crippen LogP contribution in [0, 0.1) is 0 Å². The Morgan fingerprint density at radius 2 is 2.00 bits per heavy atom. The summed E-state index contributed by atoms with van der Waals surface area (Å²) in [5.41, 5.74) is 0. The van der Waals surface area contributed by atoms with Gasteiger partial charge in [0.25, 0.3) is 0 Å². The molecule has 0 saturated carbocycles. The van der Waals surface area contributed by atoms with Crippen LogP contribution in [0.1, 0.15) is 6.42 Å². The molecule has 4 nitrogen and oxygen atoms in total. The number of ether oxygens (including phenoxy) is 1. The maximum Gasteiger partial charge on any atom is 0.0594 e. The van der Waals surface area contributed by atoms with Crippen molar-refractivity contribution in [2.75, 3.05) is 52.5 Å². The molecule has 0 radical (unpaired) electrons. The second-order valence-corrected chi connectivity index (χ2v) is 4.12. The lowest BCUT2D eigenvalue weighted by atomic mass is 10.2. The van der Waals surface area contributed by atoms with Crippen molar-refractivity contribution < 1.29 is 9.84 Å². The molecule has 2 fully saturated rings. The molecule has 0 spiro atoms. The fraction of sp³-hybridized carbons (Fsp3) is 1.00. The fourth-order valence-electron chi connectivity index (χ4n) is 2.40. The molecule has 2 aliphatic rings. The molecule has 0 aromatic heterocycles. The Bertz CT molecular complexity index is 172. The van der Waals surface area contributed by atoms with Crippen LogP contribution >= 0.6 is 0 Å². The Morgan fingerprint density at radius 3 is 2.71 bits per heavy atom. The van der Waals surface area contributed by atoms with Crippen molar-refractivity contribution in [1.29, 1.82) is 0 Å². The molecule has 0 aromatic rings. The van der Waals surface area contributed by atoms with Crippen LogP contribution in [0.4, 0.5) is 0 Å². The van der Waals surface area contributed by atoms with Crippen LogP contribution in [-0.4, -0.2) is 73.5 Å². The molecular formula is C10H20N2O2. The van der Waals surface area contributed by atoms with Gasteiger partial charge in [-0.15, -0.1) is 0 Å². The summed E-state index contributed by atoms with van der Waals surface area (Å²) in [7, 11) is 0. The first kappa shape index (κ1) is 10.4. The number of aliphatic hydroxyl groups excluding tert-OH is 1. The van der Waals surface area contributed by atoms with E-state index in [2.05, 4.69) is 9.80 Å². The van der Waals surface area contributed by atoms with E-state index in [0.717, 1.165) is 45.9 Å². The highest BCUT2D eigenvalue weighted by Gasteiger charge is 2.27. The van der Waals surface area contributed by atoms with E-state index >= 15 is 0 Å². The number of rotatable bonds is 3. The molecule has 2 aliphatic heterocycles. The predicted molar refractivity (Wildman–Crippen MR) is 54.3 cm³/mol. The first-order valence-corrected chi connectivity index (χ1v) is 5.55. The predicted octanol–water partition coefficient (Wildman–Crippen LogP) is -0.615. The highest BCUT2D eigenvalue weighted by Crippen LogP contribution is 2.16. The molecule has 0 amide bonds. The van der Waals surface area contributed by atoms with Gasteiger partial charge in [-0.1, -0.05) is 0 Å². The minimum absolute atomic E-state index is 0.288. The van der Waals surface area contributed by atoms with E-state index < -0.39 is 0 Å². The summed E-state index contributed by atoms with van der Waals surface area (Å²) in [6.45, 7) is 7.32.